The van der Waals surface area contributed by atoms with Gasteiger partial charge in [0.05, 0.1) is 0 Å². The fourth-order valence-electron chi connectivity index (χ4n) is 2.72. The molecule has 0 bridgehead atoms. The highest BCUT2D eigenvalue weighted by Crippen LogP contribution is 2.32. The van der Waals surface area contributed by atoms with E-state index in [0.29, 0.717) is 6.04 Å². The second-order valence-corrected chi connectivity index (χ2v) is 5.72. The first-order valence-electron chi connectivity index (χ1n) is 6.66. The Morgan fingerprint density at radius 1 is 1.53 bits per heavy atom. The third-order valence-electron chi connectivity index (χ3n) is 3.61. The van der Waals surface area contributed by atoms with E-state index in [1.165, 1.54) is 29.7 Å². The number of hydrogen-bond donors (Lipinski definition) is 0. The summed E-state index contributed by atoms with van der Waals surface area (Å²) in [5.41, 5.74) is 4.06. The predicted octanol–water partition coefficient (Wildman–Crippen LogP) is 4.19. The maximum atomic E-state index is 4.11. The molecule has 0 aliphatic heterocycles. The summed E-state index contributed by atoms with van der Waals surface area (Å²) in [5.74, 6) is 0.734. The molecule has 0 saturated heterocycles. The maximum Gasteiger partial charge on any atom is 0.0136 e. The molecule has 0 aromatic heterocycles. The lowest BCUT2D eigenvalue weighted by Gasteiger charge is -2.34. The van der Waals surface area contributed by atoms with Gasteiger partial charge >= 0.3 is 0 Å². The standard InChI is InChI=1S/C16H27N/c1-7-14-8-9-15(10-16(14)13(4)5)17(6)11-12(2)3/h7,12,15H,1,4,8-11H2,2-3,5-6H3. The molecule has 1 aliphatic carbocycles. The van der Waals surface area contributed by atoms with Crippen LogP contribution in [0.15, 0.2) is 36.0 Å². The van der Waals surface area contributed by atoms with Crippen LogP contribution in [0.2, 0.25) is 0 Å². The second-order valence-electron chi connectivity index (χ2n) is 5.72. The lowest BCUT2D eigenvalue weighted by atomic mass is 9.84. The maximum absolute atomic E-state index is 4.11. The van der Waals surface area contributed by atoms with Gasteiger partial charge in [0.25, 0.3) is 0 Å². The molecule has 0 aromatic carbocycles. The molecule has 96 valence electrons. The molecular formula is C16H27N. The van der Waals surface area contributed by atoms with Gasteiger partial charge < -0.3 is 4.90 Å². The van der Waals surface area contributed by atoms with E-state index in [-0.39, 0.29) is 0 Å². The second kappa shape index (κ2) is 6.20. The van der Waals surface area contributed by atoms with Gasteiger partial charge in [0.1, 0.15) is 0 Å². The van der Waals surface area contributed by atoms with Crippen molar-refractivity contribution in [2.75, 3.05) is 13.6 Å². The fraction of sp³-hybridized carbons (Fsp3) is 0.625. The lowest BCUT2D eigenvalue weighted by molar-refractivity contribution is 0.201. The number of nitrogens with zero attached hydrogens (tertiary/aromatic N) is 1. The lowest BCUT2D eigenvalue weighted by Crippen LogP contribution is -2.36. The fourth-order valence-corrected chi connectivity index (χ4v) is 2.72. The Morgan fingerprint density at radius 2 is 2.18 bits per heavy atom. The highest BCUT2D eigenvalue weighted by atomic mass is 15.1. The van der Waals surface area contributed by atoms with Gasteiger partial charge in [-0.25, -0.2) is 0 Å². The van der Waals surface area contributed by atoms with Gasteiger partial charge in [-0.05, 0) is 50.3 Å². The van der Waals surface area contributed by atoms with Crippen LogP contribution in [0.3, 0.4) is 0 Å². The molecule has 0 fully saturated rings. The van der Waals surface area contributed by atoms with Gasteiger partial charge in [0.2, 0.25) is 0 Å². The molecule has 1 rings (SSSR count). The van der Waals surface area contributed by atoms with Crippen LogP contribution < -0.4 is 0 Å². The summed E-state index contributed by atoms with van der Waals surface area (Å²) in [6, 6.07) is 0.674. The van der Waals surface area contributed by atoms with E-state index in [1.54, 1.807) is 0 Å². The van der Waals surface area contributed by atoms with Crippen LogP contribution in [-0.4, -0.2) is 24.5 Å². The van der Waals surface area contributed by atoms with E-state index in [4.69, 9.17) is 0 Å². The van der Waals surface area contributed by atoms with Crippen LogP contribution in [0.25, 0.3) is 0 Å². The van der Waals surface area contributed by atoms with Gasteiger partial charge in [-0.3, -0.25) is 0 Å². The molecule has 0 radical (unpaired) electrons. The quantitative estimate of drug-likeness (QED) is 0.688. The number of rotatable bonds is 5. The molecule has 0 aromatic rings. The molecule has 0 N–H and O–H groups in total. The molecular weight excluding hydrogens is 206 g/mol. The molecule has 1 unspecified atom stereocenters. The molecule has 0 amide bonds. The highest BCUT2D eigenvalue weighted by Gasteiger charge is 2.23. The monoisotopic (exact) mass is 233 g/mol. The van der Waals surface area contributed by atoms with Crippen molar-refractivity contribution in [3.63, 3.8) is 0 Å². The first-order valence-corrected chi connectivity index (χ1v) is 6.66. The van der Waals surface area contributed by atoms with Crippen LogP contribution in [0.5, 0.6) is 0 Å². The van der Waals surface area contributed by atoms with Gasteiger partial charge in [-0.1, -0.05) is 38.7 Å². The average Bonchev–Trinajstić information content (AvgIpc) is 2.27. The Balaban J connectivity index is 2.75. The van der Waals surface area contributed by atoms with Crippen molar-refractivity contribution in [2.45, 2.75) is 46.1 Å². The van der Waals surface area contributed by atoms with Crippen molar-refractivity contribution in [3.8, 4) is 0 Å². The summed E-state index contributed by atoms with van der Waals surface area (Å²) in [6.45, 7) is 15.9. The summed E-state index contributed by atoms with van der Waals surface area (Å²) in [7, 11) is 2.25. The van der Waals surface area contributed by atoms with Gasteiger partial charge in [-0.15, -0.1) is 0 Å². The molecule has 0 heterocycles. The third-order valence-corrected chi connectivity index (χ3v) is 3.61. The minimum absolute atomic E-state index is 0.674. The van der Waals surface area contributed by atoms with Crippen molar-refractivity contribution in [3.05, 3.63) is 36.0 Å². The summed E-state index contributed by atoms with van der Waals surface area (Å²) in [5, 5.41) is 0. The largest absolute Gasteiger partial charge is 0.303 e. The first-order chi connectivity index (χ1) is 7.95. The van der Waals surface area contributed by atoms with E-state index in [0.717, 1.165) is 18.8 Å². The molecule has 1 aliphatic rings. The topological polar surface area (TPSA) is 3.24 Å². The van der Waals surface area contributed by atoms with Crippen molar-refractivity contribution in [1.82, 2.24) is 4.90 Å². The molecule has 17 heavy (non-hydrogen) atoms. The minimum atomic E-state index is 0.674. The van der Waals surface area contributed by atoms with E-state index in [2.05, 4.69) is 45.9 Å². The highest BCUT2D eigenvalue weighted by molar-refractivity contribution is 5.39. The molecule has 1 heteroatoms. The predicted molar refractivity (Wildman–Crippen MR) is 77.1 cm³/mol. The molecule has 0 saturated carbocycles. The van der Waals surface area contributed by atoms with Gasteiger partial charge in [-0.2, -0.15) is 0 Å². The van der Waals surface area contributed by atoms with Crippen molar-refractivity contribution >= 4 is 0 Å². The van der Waals surface area contributed by atoms with Gasteiger partial charge in [0, 0.05) is 12.6 Å². The zero-order chi connectivity index (χ0) is 13.0. The Labute approximate surface area is 107 Å². The Hall–Kier alpha value is -0.820. The molecule has 1 nitrogen and oxygen atoms in total. The Morgan fingerprint density at radius 3 is 2.65 bits per heavy atom. The number of hydrogen-bond acceptors (Lipinski definition) is 1. The van der Waals surface area contributed by atoms with Crippen molar-refractivity contribution in [1.29, 1.82) is 0 Å². The zero-order valence-electron chi connectivity index (χ0n) is 11.9. The zero-order valence-corrected chi connectivity index (χ0v) is 11.9. The van der Waals surface area contributed by atoms with Crippen molar-refractivity contribution in [2.24, 2.45) is 5.92 Å². The third kappa shape index (κ3) is 3.85. The van der Waals surface area contributed by atoms with E-state index >= 15 is 0 Å². The SMILES string of the molecule is C=CC1=C(C(=C)C)CC(N(C)CC(C)C)CC1. The smallest absolute Gasteiger partial charge is 0.0136 e. The van der Waals surface area contributed by atoms with E-state index in [1.807, 2.05) is 6.08 Å². The number of allylic oxidation sites excluding steroid dienone is 3. The van der Waals surface area contributed by atoms with Crippen LogP contribution >= 0.6 is 0 Å². The van der Waals surface area contributed by atoms with Gasteiger partial charge in [0.15, 0.2) is 0 Å². The van der Waals surface area contributed by atoms with Crippen molar-refractivity contribution < 1.29 is 0 Å². The summed E-state index contributed by atoms with van der Waals surface area (Å²) < 4.78 is 0. The van der Waals surface area contributed by atoms with E-state index < -0.39 is 0 Å². The van der Waals surface area contributed by atoms with Crippen LogP contribution in [0.4, 0.5) is 0 Å². The van der Waals surface area contributed by atoms with E-state index in [9.17, 15) is 0 Å². The Kier molecular flexibility index (Phi) is 5.20. The summed E-state index contributed by atoms with van der Waals surface area (Å²) in [4.78, 5) is 2.51. The van der Waals surface area contributed by atoms with Crippen LogP contribution in [-0.2, 0) is 0 Å². The first kappa shape index (κ1) is 14.2. The average molecular weight is 233 g/mol. The molecule has 1 atom stereocenters. The minimum Gasteiger partial charge on any atom is -0.303 e. The normalized spacial score (nSPS) is 21.2. The van der Waals surface area contributed by atoms with Crippen LogP contribution in [0.1, 0.15) is 40.0 Å². The summed E-state index contributed by atoms with van der Waals surface area (Å²) >= 11 is 0. The molecule has 0 spiro atoms. The summed E-state index contributed by atoms with van der Waals surface area (Å²) in [6.07, 6.45) is 5.56. The van der Waals surface area contributed by atoms with Crippen LogP contribution in [0, 0.1) is 5.92 Å². The Bertz CT molecular complexity index is 322.